The molecule has 0 bridgehead atoms. The van der Waals surface area contributed by atoms with Crippen molar-refractivity contribution in [2.24, 2.45) is 10.9 Å². The van der Waals surface area contributed by atoms with Gasteiger partial charge in [0.05, 0.1) is 13.2 Å². The topological polar surface area (TPSA) is 97.4 Å². The van der Waals surface area contributed by atoms with Gasteiger partial charge in [-0.05, 0) is 19.8 Å². The Balaban J connectivity index is 2.02. The Kier molecular flexibility index (Phi) is 3.72. The quantitative estimate of drug-likeness (QED) is 0.302. The zero-order valence-electron chi connectivity index (χ0n) is 10.5. The number of nitrogens with zero attached hydrogens (tertiary/aromatic N) is 2. The van der Waals surface area contributed by atoms with Gasteiger partial charge in [0, 0.05) is 13.2 Å². The lowest BCUT2D eigenvalue weighted by Crippen LogP contribution is -2.55. The Bertz CT molecular complexity index is 352. The Morgan fingerprint density at radius 1 is 1.56 bits per heavy atom. The maximum absolute atomic E-state index is 12.4. The maximum Gasteiger partial charge on any atom is 0.254 e. The molecule has 0 aliphatic carbocycles. The molecule has 2 saturated heterocycles. The van der Waals surface area contributed by atoms with Gasteiger partial charge in [0.1, 0.15) is 11.7 Å². The molecular formula is C11H19N3O4. The largest absolute Gasteiger partial charge is 0.409 e. The van der Waals surface area contributed by atoms with Gasteiger partial charge in [0.2, 0.25) is 0 Å². The van der Waals surface area contributed by atoms with Gasteiger partial charge >= 0.3 is 0 Å². The van der Waals surface area contributed by atoms with Crippen molar-refractivity contribution in [1.82, 2.24) is 4.90 Å². The Hall–Kier alpha value is -1.34. The molecule has 1 amide bonds. The summed E-state index contributed by atoms with van der Waals surface area (Å²) in [5.41, 5.74) is 4.77. The van der Waals surface area contributed by atoms with Crippen LogP contribution in [0, 0.1) is 0 Å². The molecule has 7 nitrogen and oxygen atoms in total. The number of amidine groups is 1. The minimum absolute atomic E-state index is 0.00927. The average Bonchev–Trinajstić information content (AvgIpc) is 2.85. The van der Waals surface area contributed by atoms with Crippen molar-refractivity contribution in [2.75, 3.05) is 26.3 Å². The van der Waals surface area contributed by atoms with Crippen LogP contribution in [0.25, 0.3) is 0 Å². The lowest BCUT2D eigenvalue weighted by Gasteiger charge is -2.36. The lowest BCUT2D eigenvalue weighted by atomic mass is 10.0. The molecule has 0 radical (unpaired) electrons. The van der Waals surface area contributed by atoms with Crippen LogP contribution in [0.15, 0.2) is 5.16 Å². The number of amides is 1. The van der Waals surface area contributed by atoms with Crippen molar-refractivity contribution < 1.29 is 19.5 Å². The molecule has 0 aromatic rings. The predicted molar refractivity (Wildman–Crippen MR) is 63.3 cm³/mol. The van der Waals surface area contributed by atoms with Gasteiger partial charge < -0.3 is 25.3 Å². The first-order chi connectivity index (χ1) is 8.57. The van der Waals surface area contributed by atoms with Crippen molar-refractivity contribution in [3.8, 4) is 0 Å². The number of hydrogen-bond donors (Lipinski definition) is 2. The molecule has 2 unspecified atom stereocenters. The third-order valence-corrected chi connectivity index (χ3v) is 3.47. The minimum atomic E-state index is -0.729. The van der Waals surface area contributed by atoms with Crippen LogP contribution in [0.2, 0.25) is 0 Å². The van der Waals surface area contributed by atoms with Gasteiger partial charge in [-0.25, -0.2) is 0 Å². The van der Waals surface area contributed by atoms with Crippen molar-refractivity contribution in [1.29, 1.82) is 0 Å². The molecule has 2 atom stereocenters. The van der Waals surface area contributed by atoms with Gasteiger partial charge in [0.25, 0.3) is 5.91 Å². The second-order valence-electron chi connectivity index (χ2n) is 4.82. The van der Waals surface area contributed by atoms with Gasteiger partial charge in [0.15, 0.2) is 5.84 Å². The molecule has 102 valence electrons. The highest BCUT2D eigenvalue weighted by atomic mass is 16.5. The number of ether oxygens (including phenoxy) is 2. The zero-order chi connectivity index (χ0) is 13.2. The van der Waals surface area contributed by atoms with Crippen LogP contribution in [-0.4, -0.2) is 59.9 Å². The molecule has 0 spiro atoms. The molecule has 3 N–H and O–H groups in total. The second kappa shape index (κ2) is 5.11. The summed E-state index contributed by atoms with van der Waals surface area (Å²) in [5.74, 6) is -0.0518. The summed E-state index contributed by atoms with van der Waals surface area (Å²) < 4.78 is 10.9. The van der Waals surface area contributed by atoms with Crippen LogP contribution in [0.1, 0.15) is 19.8 Å². The standard InChI is InChI=1S/C11H19N3O4/c1-11(3-2-5-18-11)10(15)14-4-6-17-8(7-14)9(12)13-16/h8,16H,2-7H2,1H3,(H2,12,13). The summed E-state index contributed by atoms with van der Waals surface area (Å²) in [4.78, 5) is 14.0. The molecule has 2 rings (SSSR count). The number of nitrogens with two attached hydrogens (primary N) is 1. The molecule has 0 aromatic heterocycles. The van der Waals surface area contributed by atoms with Gasteiger partial charge in [-0.15, -0.1) is 0 Å². The molecule has 2 fully saturated rings. The van der Waals surface area contributed by atoms with Crippen molar-refractivity contribution in [3.63, 3.8) is 0 Å². The molecule has 0 saturated carbocycles. The Labute approximate surface area is 106 Å². The summed E-state index contributed by atoms with van der Waals surface area (Å²) in [6.07, 6.45) is 1.09. The zero-order valence-corrected chi connectivity index (χ0v) is 10.5. The van der Waals surface area contributed by atoms with E-state index in [-0.39, 0.29) is 11.7 Å². The number of oxime groups is 1. The first kappa shape index (κ1) is 13.1. The molecular weight excluding hydrogens is 238 g/mol. The van der Waals surface area contributed by atoms with Crippen LogP contribution >= 0.6 is 0 Å². The highest BCUT2D eigenvalue weighted by Crippen LogP contribution is 2.27. The number of carbonyl (C=O) groups excluding carboxylic acids is 1. The van der Waals surface area contributed by atoms with Crippen LogP contribution in [-0.2, 0) is 14.3 Å². The summed E-state index contributed by atoms with van der Waals surface area (Å²) in [6.45, 7) is 3.62. The smallest absolute Gasteiger partial charge is 0.254 e. The van der Waals surface area contributed by atoms with Crippen LogP contribution in [0.3, 0.4) is 0 Å². The van der Waals surface area contributed by atoms with Gasteiger partial charge in [-0.1, -0.05) is 5.16 Å². The SMILES string of the molecule is CC1(C(=O)N2CCOC(C(N)=NO)C2)CCCO1. The molecule has 7 heteroatoms. The molecule has 18 heavy (non-hydrogen) atoms. The summed E-state index contributed by atoms with van der Waals surface area (Å²) in [7, 11) is 0. The van der Waals surface area contributed by atoms with Crippen LogP contribution in [0.5, 0.6) is 0 Å². The van der Waals surface area contributed by atoms with E-state index in [1.807, 2.05) is 6.92 Å². The van der Waals surface area contributed by atoms with E-state index in [4.69, 9.17) is 20.4 Å². The number of rotatable bonds is 2. The van der Waals surface area contributed by atoms with E-state index >= 15 is 0 Å². The van der Waals surface area contributed by atoms with E-state index in [1.165, 1.54) is 0 Å². The van der Waals surface area contributed by atoms with E-state index < -0.39 is 11.7 Å². The van der Waals surface area contributed by atoms with Crippen molar-refractivity contribution in [2.45, 2.75) is 31.5 Å². The summed E-state index contributed by atoms with van der Waals surface area (Å²) in [6, 6.07) is 0. The fourth-order valence-corrected chi connectivity index (χ4v) is 2.36. The number of morpholine rings is 1. The van der Waals surface area contributed by atoms with Crippen molar-refractivity contribution >= 4 is 11.7 Å². The third-order valence-electron chi connectivity index (χ3n) is 3.47. The van der Waals surface area contributed by atoms with Gasteiger partial charge in [-0.2, -0.15) is 0 Å². The normalized spacial score (nSPS) is 33.7. The van der Waals surface area contributed by atoms with E-state index in [1.54, 1.807) is 4.90 Å². The first-order valence-corrected chi connectivity index (χ1v) is 6.09. The fourth-order valence-electron chi connectivity index (χ4n) is 2.36. The predicted octanol–water partition coefficient (Wildman–Crippen LogP) is -0.471. The van der Waals surface area contributed by atoms with E-state index in [0.717, 1.165) is 12.8 Å². The number of carbonyl (C=O) groups is 1. The molecule has 2 aliphatic heterocycles. The van der Waals surface area contributed by atoms with Crippen LogP contribution < -0.4 is 5.73 Å². The Morgan fingerprint density at radius 2 is 2.33 bits per heavy atom. The Morgan fingerprint density at radius 3 is 2.94 bits per heavy atom. The van der Waals surface area contributed by atoms with E-state index in [2.05, 4.69) is 5.16 Å². The van der Waals surface area contributed by atoms with E-state index in [0.29, 0.717) is 26.3 Å². The lowest BCUT2D eigenvalue weighted by molar-refractivity contribution is -0.156. The average molecular weight is 257 g/mol. The summed E-state index contributed by atoms with van der Waals surface area (Å²) >= 11 is 0. The highest BCUT2D eigenvalue weighted by molar-refractivity contribution is 5.88. The minimum Gasteiger partial charge on any atom is -0.409 e. The maximum atomic E-state index is 12.4. The third kappa shape index (κ3) is 2.41. The monoisotopic (exact) mass is 257 g/mol. The van der Waals surface area contributed by atoms with Crippen molar-refractivity contribution in [3.05, 3.63) is 0 Å². The molecule has 2 heterocycles. The van der Waals surface area contributed by atoms with Gasteiger partial charge in [-0.3, -0.25) is 4.79 Å². The highest BCUT2D eigenvalue weighted by Gasteiger charge is 2.42. The fraction of sp³-hybridized carbons (Fsp3) is 0.818. The first-order valence-electron chi connectivity index (χ1n) is 6.09. The second-order valence-corrected chi connectivity index (χ2v) is 4.82. The van der Waals surface area contributed by atoms with Crippen LogP contribution in [0.4, 0.5) is 0 Å². The summed E-state index contributed by atoms with van der Waals surface area (Å²) in [5, 5.41) is 11.5. The number of hydrogen-bond acceptors (Lipinski definition) is 5. The van der Waals surface area contributed by atoms with E-state index in [9.17, 15) is 4.79 Å². The molecule has 2 aliphatic rings. The molecule has 0 aromatic carbocycles.